The molecule has 6 heteroatoms. The highest BCUT2D eigenvalue weighted by Gasteiger charge is 2.34. The van der Waals surface area contributed by atoms with Crippen molar-refractivity contribution in [2.24, 2.45) is 0 Å². The van der Waals surface area contributed by atoms with E-state index in [1.807, 2.05) is 12.2 Å². The predicted octanol–water partition coefficient (Wildman–Crippen LogP) is 2.21. The molecule has 0 fully saturated rings. The number of aryl methyl sites for hydroxylation is 1. The summed E-state index contributed by atoms with van der Waals surface area (Å²) in [6.07, 6.45) is -4.16. The van der Waals surface area contributed by atoms with Crippen LogP contribution in [0, 0.1) is 6.92 Å². The van der Waals surface area contributed by atoms with Gasteiger partial charge in [-0.25, -0.2) is 0 Å². The molecule has 1 aromatic carbocycles. The molecule has 0 aliphatic rings. The summed E-state index contributed by atoms with van der Waals surface area (Å²) < 4.78 is 37.9. The van der Waals surface area contributed by atoms with E-state index in [4.69, 9.17) is 5.11 Å². The van der Waals surface area contributed by atoms with Gasteiger partial charge in [-0.05, 0) is 6.92 Å². The Morgan fingerprint density at radius 1 is 1.32 bits per heavy atom. The number of alkyl halides is 3. The van der Waals surface area contributed by atoms with E-state index in [1.165, 1.54) is 12.1 Å². The van der Waals surface area contributed by atoms with Crippen molar-refractivity contribution >= 4 is 5.78 Å². The van der Waals surface area contributed by atoms with Gasteiger partial charge in [0.2, 0.25) is 0 Å². The van der Waals surface area contributed by atoms with Crippen molar-refractivity contribution in [3.8, 4) is 0 Å². The summed E-state index contributed by atoms with van der Waals surface area (Å²) in [4.78, 5) is 11.7. The number of carbonyl (C=O) groups excluding carboxylic acids is 1. The zero-order valence-corrected chi connectivity index (χ0v) is 10.3. The molecule has 0 saturated heterocycles. The number of benzene rings is 1. The fourth-order valence-electron chi connectivity index (χ4n) is 1.36. The Morgan fingerprint density at radius 2 is 1.89 bits per heavy atom. The van der Waals surface area contributed by atoms with Crippen LogP contribution in [0.2, 0.25) is 0 Å². The molecule has 0 aromatic heterocycles. The van der Waals surface area contributed by atoms with Crippen molar-refractivity contribution < 1.29 is 23.1 Å². The molecule has 2 N–H and O–H groups in total. The van der Waals surface area contributed by atoms with Gasteiger partial charge in [0.05, 0.1) is 6.61 Å². The quantitative estimate of drug-likeness (QED) is 0.638. The maximum absolute atomic E-state index is 12.6. The van der Waals surface area contributed by atoms with Gasteiger partial charge in [0, 0.05) is 18.2 Å². The lowest BCUT2D eigenvalue weighted by atomic mass is 10.1. The maximum Gasteiger partial charge on any atom is 0.431 e. The molecule has 0 heterocycles. The molecule has 104 valence electrons. The molecular formula is C13H14F3NO2. The number of aliphatic hydroxyl groups is 1. The molecule has 0 amide bonds. The van der Waals surface area contributed by atoms with E-state index in [0.717, 1.165) is 5.56 Å². The second-order valence-electron chi connectivity index (χ2n) is 3.94. The van der Waals surface area contributed by atoms with Gasteiger partial charge < -0.3 is 10.4 Å². The van der Waals surface area contributed by atoms with Gasteiger partial charge in [-0.15, -0.1) is 0 Å². The van der Waals surface area contributed by atoms with E-state index in [-0.39, 0.29) is 12.1 Å². The summed E-state index contributed by atoms with van der Waals surface area (Å²) in [7, 11) is 0. The summed E-state index contributed by atoms with van der Waals surface area (Å²) in [6.45, 7) is 1.09. The number of nitrogens with one attached hydrogen (secondary N) is 1. The molecule has 0 saturated carbocycles. The fourth-order valence-corrected chi connectivity index (χ4v) is 1.36. The Hall–Kier alpha value is -1.82. The first kappa shape index (κ1) is 15.2. The Kier molecular flexibility index (Phi) is 5.11. The highest BCUT2D eigenvalue weighted by atomic mass is 19.4. The molecule has 0 atom stereocenters. The van der Waals surface area contributed by atoms with E-state index < -0.39 is 24.3 Å². The van der Waals surface area contributed by atoms with Crippen molar-refractivity contribution in [2.75, 3.05) is 13.2 Å². The molecular weight excluding hydrogens is 259 g/mol. The lowest BCUT2D eigenvalue weighted by Gasteiger charge is -2.13. The monoisotopic (exact) mass is 273 g/mol. The van der Waals surface area contributed by atoms with Crippen LogP contribution in [-0.2, 0) is 0 Å². The van der Waals surface area contributed by atoms with Gasteiger partial charge in [-0.2, -0.15) is 13.2 Å². The van der Waals surface area contributed by atoms with Crippen LogP contribution >= 0.6 is 0 Å². The summed E-state index contributed by atoms with van der Waals surface area (Å²) in [5, 5.41) is 10.5. The number of carbonyl (C=O) groups is 1. The Morgan fingerprint density at radius 3 is 2.37 bits per heavy atom. The number of aliphatic hydroxyl groups excluding tert-OH is 1. The van der Waals surface area contributed by atoms with Crippen LogP contribution in [0.25, 0.3) is 0 Å². The average molecular weight is 273 g/mol. The fraction of sp³-hybridized carbons (Fsp3) is 0.308. The molecule has 0 radical (unpaired) electrons. The predicted molar refractivity (Wildman–Crippen MR) is 64.7 cm³/mol. The van der Waals surface area contributed by atoms with Gasteiger partial charge in [0.25, 0.3) is 0 Å². The van der Waals surface area contributed by atoms with Crippen LogP contribution in [0.4, 0.5) is 13.2 Å². The van der Waals surface area contributed by atoms with Crippen molar-refractivity contribution in [1.82, 2.24) is 5.32 Å². The van der Waals surface area contributed by atoms with Crippen molar-refractivity contribution in [3.05, 3.63) is 47.2 Å². The van der Waals surface area contributed by atoms with Crippen molar-refractivity contribution in [2.45, 2.75) is 13.1 Å². The van der Waals surface area contributed by atoms with E-state index >= 15 is 0 Å². The number of hydrogen-bond donors (Lipinski definition) is 2. The first-order chi connectivity index (χ1) is 8.84. The van der Waals surface area contributed by atoms with Gasteiger partial charge in [-0.1, -0.05) is 29.8 Å². The molecule has 0 bridgehead atoms. The van der Waals surface area contributed by atoms with Gasteiger partial charge in [0.15, 0.2) is 5.78 Å². The minimum atomic E-state index is -4.66. The van der Waals surface area contributed by atoms with Crippen LogP contribution in [0.1, 0.15) is 15.9 Å². The van der Waals surface area contributed by atoms with E-state index in [1.54, 1.807) is 12.1 Å². The summed E-state index contributed by atoms with van der Waals surface area (Å²) in [5.74, 6) is -0.738. The summed E-state index contributed by atoms with van der Waals surface area (Å²) in [6, 6.07) is 6.23. The molecule has 1 aromatic rings. The minimum absolute atomic E-state index is 0.179. The van der Waals surface area contributed by atoms with Gasteiger partial charge in [0.1, 0.15) is 5.70 Å². The van der Waals surface area contributed by atoms with Crippen LogP contribution in [0.5, 0.6) is 0 Å². The largest absolute Gasteiger partial charge is 0.431 e. The van der Waals surface area contributed by atoms with Crippen LogP contribution < -0.4 is 5.32 Å². The highest BCUT2D eigenvalue weighted by Crippen LogP contribution is 2.23. The van der Waals surface area contributed by atoms with Gasteiger partial charge >= 0.3 is 6.18 Å². The number of allylic oxidation sites excluding steroid dienone is 2. The minimum Gasteiger partial charge on any atom is -0.395 e. The third kappa shape index (κ3) is 4.75. The van der Waals surface area contributed by atoms with E-state index in [2.05, 4.69) is 0 Å². The van der Waals surface area contributed by atoms with E-state index in [0.29, 0.717) is 6.08 Å². The lowest BCUT2D eigenvalue weighted by Crippen LogP contribution is -2.29. The number of ketones is 1. The van der Waals surface area contributed by atoms with Gasteiger partial charge in [-0.3, -0.25) is 4.79 Å². The SMILES string of the molecule is Cc1ccc(C(=O)/C=C(/NCCO)C(F)(F)F)cc1. The lowest BCUT2D eigenvalue weighted by molar-refractivity contribution is -0.0969. The van der Waals surface area contributed by atoms with Crippen molar-refractivity contribution in [3.63, 3.8) is 0 Å². The number of halogens is 3. The Balaban J connectivity index is 2.94. The smallest absolute Gasteiger partial charge is 0.395 e. The first-order valence-electron chi connectivity index (χ1n) is 5.59. The maximum atomic E-state index is 12.6. The second-order valence-corrected chi connectivity index (χ2v) is 3.94. The topological polar surface area (TPSA) is 49.3 Å². The normalized spacial score (nSPS) is 12.4. The van der Waals surface area contributed by atoms with E-state index in [9.17, 15) is 18.0 Å². The highest BCUT2D eigenvalue weighted by molar-refractivity contribution is 6.04. The molecule has 0 spiro atoms. The summed E-state index contributed by atoms with van der Waals surface area (Å²) >= 11 is 0. The zero-order valence-electron chi connectivity index (χ0n) is 10.3. The third-order valence-corrected chi connectivity index (χ3v) is 2.34. The first-order valence-corrected chi connectivity index (χ1v) is 5.59. The Bertz CT molecular complexity index is 464. The zero-order chi connectivity index (χ0) is 14.5. The summed E-state index contributed by atoms with van der Waals surface area (Å²) in [5.41, 5.74) is -0.0692. The van der Waals surface area contributed by atoms with Crippen molar-refractivity contribution in [1.29, 1.82) is 0 Å². The molecule has 1 rings (SSSR count). The molecule has 3 nitrogen and oxygen atoms in total. The Labute approximate surface area is 108 Å². The van der Waals surface area contributed by atoms with Crippen LogP contribution in [0.15, 0.2) is 36.0 Å². The molecule has 0 aliphatic carbocycles. The standard InChI is InChI=1S/C13H14F3NO2/c1-9-2-4-10(5-3-9)11(19)8-12(13(14,15)16)17-6-7-18/h2-5,8,17-18H,6-7H2,1H3/b12-8+. The number of rotatable bonds is 5. The average Bonchev–Trinajstić information content (AvgIpc) is 2.33. The van der Waals surface area contributed by atoms with Crippen LogP contribution in [-0.4, -0.2) is 30.2 Å². The molecule has 0 unspecified atom stereocenters. The third-order valence-electron chi connectivity index (χ3n) is 2.34. The van der Waals surface area contributed by atoms with Crippen LogP contribution in [0.3, 0.4) is 0 Å². The molecule has 19 heavy (non-hydrogen) atoms. The number of hydrogen-bond acceptors (Lipinski definition) is 3. The molecule has 0 aliphatic heterocycles. The second kappa shape index (κ2) is 6.38.